The van der Waals surface area contributed by atoms with Gasteiger partial charge in [-0.05, 0) is 31.4 Å². The van der Waals surface area contributed by atoms with Crippen LogP contribution in [0.3, 0.4) is 0 Å². The van der Waals surface area contributed by atoms with Gasteiger partial charge in [-0.1, -0.05) is 25.1 Å². The monoisotopic (exact) mass is 336 g/mol. The molecule has 3 rings (SSSR count). The Morgan fingerprint density at radius 2 is 2.12 bits per heavy atom. The molecule has 1 saturated heterocycles. The number of hydrogen-bond acceptors (Lipinski definition) is 3. The van der Waals surface area contributed by atoms with E-state index in [0.717, 1.165) is 6.42 Å². The number of likely N-dealkylation sites (tertiary alicyclic amines) is 1. The van der Waals surface area contributed by atoms with Crippen molar-refractivity contribution in [3.63, 3.8) is 0 Å². The number of amides is 1. The molecule has 0 radical (unpaired) electrons. The highest BCUT2D eigenvalue weighted by molar-refractivity contribution is 5.65. The second-order valence-electron chi connectivity index (χ2n) is 5.67. The van der Waals surface area contributed by atoms with Crippen LogP contribution in [0.15, 0.2) is 45.7 Å². The Kier molecular flexibility index (Phi) is 6.17. The van der Waals surface area contributed by atoms with Gasteiger partial charge < -0.3 is 14.5 Å². The van der Waals surface area contributed by atoms with Gasteiger partial charge in [0, 0.05) is 24.6 Å². The fourth-order valence-electron chi connectivity index (χ4n) is 2.86. The van der Waals surface area contributed by atoms with E-state index in [-0.39, 0.29) is 23.3 Å². The van der Waals surface area contributed by atoms with Crippen LogP contribution < -0.4 is 5.56 Å². The normalized spacial score (nSPS) is 20.2. The van der Waals surface area contributed by atoms with Crippen LogP contribution in [0.2, 0.25) is 0 Å². The van der Waals surface area contributed by atoms with Crippen molar-refractivity contribution in [1.82, 2.24) is 10.1 Å². The Morgan fingerprint density at radius 1 is 1.42 bits per heavy atom. The molecule has 2 aromatic rings. The van der Waals surface area contributed by atoms with Crippen LogP contribution in [-0.2, 0) is 0 Å². The van der Waals surface area contributed by atoms with Gasteiger partial charge in [0.2, 0.25) is 0 Å². The molecule has 130 valence electrons. The maximum Gasteiger partial charge on any atom is 0.407 e. The SMILES string of the molecule is CCC1CC(c2cc(=O)[nH]o2)CCN1C(=O)O.Fc1ccccc1. The minimum absolute atomic E-state index is 0.00597. The van der Waals surface area contributed by atoms with Crippen molar-refractivity contribution in [1.29, 1.82) is 0 Å². The number of nitrogens with one attached hydrogen (secondary N) is 1. The quantitative estimate of drug-likeness (QED) is 0.879. The van der Waals surface area contributed by atoms with Crippen molar-refractivity contribution in [3.05, 3.63) is 58.3 Å². The molecular weight excluding hydrogens is 315 g/mol. The number of benzene rings is 1. The lowest BCUT2D eigenvalue weighted by molar-refractivity contribution is 0.0953. The summed E-state index contributed by atoms with van der Waals surface area (Å²) in [7, 11) is 0. The second-order valence-corrected chi connectivity index (χ2v) is 5.67. The van der Waals surface area contributed by atoms with E-state index >= 15 is 0 Å². The van der Waals surface area contributed by atoms with Crippen molar-refractivity contribution in [3.8, 4) is 0 Å². The molecule has 0 spiro atoms. The summed E-state index contributed by atoms with van der Waals surface area (Å²) in [6.07, 6.45) is 1.32. The predicted octanol–water partition coefficient (Wildman–Crippen LogP) is 3.43. The number of carboxylic acid groups (broad SMARTS) is 1. The Bertz CT molecular complexity index is 698. The molecule has 2 heterocycles. The van der Waals surface area contributed by atoms with Crippen LogP contribution in [0.25, 0.3) is 0 Å². The Morgan fingerprint density at radius 3 is 2.58 bits per heavy atom. The zero-order valence-corrected chi connectivity index (χ0v) is 13.4. The molecule has 2 unspecified atom stereocenters. The first-order valence-electron chi connectivity index (χ1n) is 7.89. The average molecular weight is 336 g/mol. The van der Waals surface area contributed by atoms with E-state index in [2.05, 4.69) is 5.16 Å². The van der Waals surface area contributed by atoms with Crippen LogP contribution in [0, 0.1) is 5.82 Å². The third-order valence-corrected chi connectivity index (χ3v) is 4.11. The highest BCUT2D eigenvalue weighted by atomic mass is 19.1. The minimum Gasteiger partial charge on any atom is -0.465 e. The molecule has 7 heteroatoms. The largest absolute Gasteiger partial charge is 0.465 e. The predicted molar refractivity (Wildman–Crippen MR) is 86.5 cm³/mol. The second kappa shape index (κ2) is 8.33. The molecule has 1 fully saturated rings. The first-order valence-corrected chi connectivity index (χ1v) is 7.89. The number of halogens is 1. The highest BCUT2D eigenvalue weighted by Crippen LogP contribution is 2.32. The lowest BCUT2D eigenvalue weighted by Gasteiger charge is -2.36. The summed E-state index contributed by atoms with van der Waals surface area (Å²) in [5.74, 6) is 0.593. The fourth-order valence-corrected chi connectivity index (χ4v) is 2.86. The van der Waals surface area contributed by atoms with Gasteiger partial charge in [0.25, 0.3) is 5.56 Å². The van der Waals surface area contributed by atoms with E-state index in [0.29, 0.717) is 25.1 Å². The summed E-state index contributed by atoms with van der Waals surface area (Å²) in [6.45, 7) is 2.46. The summed E-state index contributed by atoms with van der Waals surface area (Å²) < 4.78 is 17.0. The number of piperidine rings is 1. The van der Waals surface area contributed by atoms with E-state index in [9.17, 15) is 14.0 Å². The van der Waals surface area contributed by atoms with Crippen molar-refractivity contribution < 1.29 is 18.8 Å². The summed E-state index contributed by atoms with van der Waals surface area (Å²) in [6, 6.07) is 9.40. The number of aromatic nitrogens is 1. The Hall–Kier alpha value is -2.57. The number of aromatic amines is 1. The molecule has 1 aliphatic rings. The van der Waals surface area contributed by atoms with Crippen molar-refractivity contribution in [2.45, 2.75) is 38.1 Å². The van der Waals surface area contributed by atoms with E-state index in [1.165, 1.54) is 23.1 Å². The van der Waals surface area contributed by atoms with Gasteiger partial charge in [-0.2, -0.15) is 5.16 Å². The molecule has 0 saturated carbocycles. The van der Waals surface area contributed by atoms with Crippen LogP contribution in [0.5, 0.6) is 0 Å². The summed E-state index contributed by atoms with van der Waals surface area (Å²) in [5.41, 5.74) is -0.242. The van der Waals surface area contributed by atoms with Gasteiger partial charge in [0.05, 0.1) is 0 Å². The molecule has 1 aliphatic heterocycles. The fraction of sp³-hybridized carbons (Fsp3) is 0.412. The molecule has 6 nitrogen and oxygen atoms in total. The van der Waals surface area contributed by atoms with Gasteiger partial charge in [0.1, 0.15) is 11.6 Å². The van der Waals surface area contributed by atoms with Gasteiger partial charge in [-0.15, -0.1) is 0 Å². The molecule has 1 aromatic carbocycles. The van der Waals surface area contributed by atoms with E-state index in [4.69, 9.17) is 9.63 Å². The van der Waals surface area contributed by atoms with Crippen LogP contribution in [0.1, 0.15) is 37.9 Å². The molecule has 2 atom stereocenters. The van der Waals surface area contributed by atoms with Gasteiger partial charge in [-0.25, -0.2) is 9.18 Å². The van der Waals surface area contributed by atoms with Crippen molar-refractivity contribution in [2.75, 3.05) is 6.54 Å². The summed E-state index contributed by atoms with van der Waals surface area (Å²) in [4.78, 5) is 23.5. The molecule has 2 N–H and O–H groups in total. The van der Waals surface area contributed by atoms with Crippen molar-refractivity contribution in [2.24, 2.45) is 0 Å². The smallest absolute Gasteiger partial charge is 0.407 e. The Labute approximate surface area is 138 Å². The number of carbonyl (C=O) groups is 1. The Balaban J connectivity index is 0.000000249. The maximum absolute atomic E-state index is 11.9. The average Bonchev–Trinajstić information content (AvgIpc) is 3.02. The van der Waals surface area contributed by atoms with Crippen LogP contribution >= 0.6 is 0 Å². The van der Waals surface area contributed by atoms with Crippen LogP contribution in [-0.4, -0.2) is 33.8 Å². The van der Waals surface area contributed by atoms with Crippen LogP contribution in [0.4, 0.5) is 9.18 Å². The third-order valence-electron chi connectivity index (χ3n) is 4.11. The summed E-state index contributed by atoms with van der Waals surface area (Å²) >= 11 is 0. The van der Waals surface area contributed by atoms with E-state index in [1.807, 2.05) is 6.92 Å². The maximum atomic E-state index is 11.9. The van der Waals surface area contributed by atoms with Gasteiger partial charge >= 0.3 is 6.09 Å². The number of nitrogens with zero attached hydrogens (tertiary/aromatic N) is 1. The first-order chi connectivity index (χ1) is 11.5. The molecule has 1 amide bonds. The number of hydrogen-bond donors (Lipinski definition) is 2. The van der Waals surface area contributed by atoms with E-state index in [1.54, 1.807) is 18.2 Å². The lowest BCUT2D eigenvalue weighted by atomic mass is 9.88. The first kappa shape index (κ1) is 17.8. The highest BCUT2D eigenvalue weighted by Gasteiger charge is 2.32. The molecule has 1 aromatic heterocycles. The molecule has 0 bridgehead atoms. The van der Waals surface area contributed by atoms with Crippen molar-refractivity contribution >= 4 is 6.09 Å². The molecular formula is C17H21FN2O4. The van der Waals surface area contributed by atoms with Gasteiger partial charge in [-0.3, -0.25) is 4.79 Å². The number of rotatable bonds is 2. The topological polar surface area (TPSA) is 86.5 Å². The van der Waals surface area contributed by atoms with Gasteiger partial charge in [0.15, 0.2) is 0 Å². The zero-order valence-electron chi connectivity index (χ0n) is 13.4. The zero-order chi connectivity index (χ0) is 17.5. The third kappa shape index (κ3) is 4.71. The van der Waals surface area contributed by atoms with E-state index < -0.39 is 6.09 Å². The molecule has 24 heavy (non-hydrogen) atoms. The standard InChI is InChI=1S/C11H16N2O4.C6H5F/c1-2-8-5-7(3-4-13(8)11(15)16)9-6-10(14)12-17-9;7-6-4-2-1-3-5-6/h6-8H,2-5H2,1H3,(H,12,14)(H,15,16);1-5H. The number of H-pyrrole nitrogens is 1. The molecule has 0 aliphatic carbocycles. The lowest BCUT2D eigenvalue weighted by Crippen LogP contribution is -2.44. The summed E-state index contributed by atoms with van der Waals surface area (Å²) in [5, 5.41) is 11.3. The minimum atomic E-state index is -0.870.